The highest BCUT2D eigenvalue weighted by atomic mass is 16.5. The molecule has 0 aromatic carbocycles. The lowest BCUT2D eigenvalue weighted by atomic mass is 10.0. The van der Waals surface area contributed by atoms with E-state index in [1.54, 1.807) is 0 Å². The van der Waals surface area contributed by atoms with Crippen LogP contribution in [0.15, 0.2) is 12.7 Å². The molecule has 18 heavy (non-hydrogen) atoms. The van der Waals surface area contributed by atoms with Crippen LogP contribution in [0.3, 0.4) is 0 Å². The molecule has 0 aliphatic rings. The molecule has 106 valence electrons. The summed E-state index contributed by atoms with van der Waals surface area (Å²) >= 11 is 0. The van der Waals surface area contributed by atoms with Gasteiger partial charge in [-0.1, -0.05) is 19.4 Å². The normalized spacial score (nSPS) is 13.9. The standard InChI is InChI=1S/C14H28N2O2/c1-4-5-10-18-11-9-16-14(17)12(2)7-6-8-13(3)15/h4,12-13H,1,5-11,15H2,2-3H3,(H,16,17). The van der Waals surface area contributed by atoms with E-state index in [0.29, 0.717) is 19.8 Å². The predicted octanol–water partition coefficient (Wildman–Crippen LogP) is 1.85. The second kappa shape index (κ2) is 11.2. The fraction of sp³-hybridized carbons (Fsp3) is 0.786. The molecule has 0 spiro atoms. The molecule has 3 N–H and O–H groups in total. The SMILES string of the molecule is C=CCCOCCNC(=O)C(C)CCCC(C)N. The van der Waals surface area contributed by atoms with E-state index in [2.05, 4.69) is 11.9 Å². The second-order valence-corrected chi connectivity index (χ2v) is 4.79. The Hall–Kier alpha value is -0.870. The van der Waals surface area contributed by atoms with Crippen molar-refractivity contribution in [2.75, 3.05) is 19.8 Å². The minimum atomic E-state index is 0.0527. The first-order chi connectivity index (χ1) is 8.57. The van der Waals surface area contributed by atoms with Crippen LogP contribution in [0.1, 0.15) is 39.5 Å². The molecule has 1 amide bonds. The summed E-state index contributed by atoms with van der Waals surface area (Å²) in [6, 6.07) is 0.221. The van der Waals surface area contributed by atoms with Gasteiger partial charge in [0.25, 0.3) is 0 Å². The number of nitrogens with one attached hydrogen (secondary N) is 1. The van der Waals surface area contributed by atoms with Crippen molar-refractivity contribution < 1.29 is 9.53 Å². The fourth-order valence-corrected chi connectivity index (χ4v) is 1.57. The molecule has 0 saturated heterocycles. The summed E-state index contributed by atoms with van der Waals surface area (Å²) in [4.78, 5) is 11.7. The first-order valence-electron chi connectivity index (χ1n) is 6.79. The molecule has 2 atom stereocenters. The summed E-state index contributed by atoms with van der Waals surface area (Å²) < 4.78 is 5.31. The molecule has 0 radical (unpaired) electrons. The van der Waals surface area contributed by atoms with E-state index in [9.17, 15) is 4.79 Å². The maximum atomic E-state index is 11.7. The van der Waals surface area contributed by atoms with Crippen LogP contribution in [-0.2, 0) is 9.53 Å². The molecule has 4 heteroatoms. The van der Waals surface area contributed by atoms with Gasteiger partial charge < -0.3 is 15.8 Å². The lowest BCUT2D eigenvalue weighted by molar-refractivity contribution is -0.124. The lowest BCUT2D eigenvalue weighted by Crippen LogP contribution is -2.32. The van der Waals surface area contributed by atoms with Gasteiger partial charge in [0, 0.05) is 18.5 Å². The van der Waals surface area contributed by atoms with E-state index in [-0.39, 0.29) is 17.9 Å². The van der Waals surface area contributed by atoms with Gasteiger partial charge in [-0.2, -0.15) is 0 Å². The quantitative estimate of drug-likeness (QED) is 0.438. The summed E-state index contributed by atoms with van der Waals surface area (Å²) in [6.07, 6.45) is 5.54. The van der Waals surface area contributed by atoms with Crippen molar-refractivity contribution in [3.8, 4) is 0 Å². The molecule has 0 aliphatic heterocycles. The molecule has 0 aromatic rings. The monoisotopic (exact) mass is 256 g/mol. The molecule has 0 fully saturated rings. The van der Waals surface area contributed by atoms with Gasteiger partial charge in [-0.05, 0) is 26.2 Å². The first-order valence-corrected chi connectivity index (χ1v) is 6.79. The third-order valence-corrected chi connectivity index (χ3v) is 2.76. The van der Waals surface area contributed by atoms with Crippen molar-refractivity contribution >= 4 is 5.91 Å². The van der Waals surface area contributed by atoms with Crippen molar-refractivity contribution in [1.29, 1.82) is 0 Å². The van der Waals surface area contributed by atoms with Gasteiger partial charge >= 0.3 is 0 Å². The topological polar surface area (TPSA) is 64.3 Å². The van der Waals surface area contributed by atoms with Crippen molar-refractivity contribution in [1.82, 2.24) is 5.32 Å². The molecule has 0 heterocycles. The predicted molar refractivity (Wildman–Crippen MR) is 75.3 cm³/mol. The number of nitrogens with two attached hydrogens (primary N) is 1. The molecule has 0 saturated carbocycles. The van der Waals surface area contributed by atoms with Crippen LogP contribution < -0.4 is 11.1 Å². The van der Waals surface area contributed by atoms with Crippen LogP contribution in [0.2, 0.25) is 0 Å². The van der Waals surface area contributed by atoms with Crippen molar-refractivity contribution in [2.24, 2.45) is 11.7 Å². The van der Waals surface area contributed by atoms with Crippen LogP contribution in [0.25, 0.3) is 0 Å². The van der Waals surface area contributed by atoms with Gasteiger partial charge in [0.2, 0.25) is 5.91 Å². The number of hydrogen-bond donors (Lipinski definition) is 2. The highest BCUT2D eigenvalue weighted by molar-refractivity contribution is 5.78. The Morgan fingerprint density at radius 2 is 2.11 bits per heavy atom. The van der Waals surface area contributed by atoms with Gasteiger partial charge in [0.1, 0.15) is 0 Å². The summed E-state index contributed by atoms with van der Waals surface area (Å²) in [5.74, 6) is 0.156. The van der Waals surface area contributed by atoms with Crippen molar-refractivity contribution in [3.63, 3.8) is 0 Å². The van der Waals surface area contributed by atoms with E-state index in [0.717, 1.165) is 25.7 Å². The molecule has 0 rings (SSSR count). The van der Waals surface area contributed by atoms with Gasteiger partial charge in [-0.3, -0.25) is 4.79 Å². The molecule has 4 nitrogen and oxygen atoms in total. The largest absolute Gasteiger partial charge is 0.379 e. The summed E-state index contributed by atoms with van der Waals surface area (Å²) in [7, 11) is 0. The number of carbonyl (C=O) groups excluding carboxylic acids is 1. The number of carbonyl (C=O) groups is 1. The maximum absolute atomic E-state index is 11.7. The summed E-state index contributed by atoms with van der Waals surface area (Å²) in [5, 5.41) is 2.88. The van der Waals surface area contributed by atoms with E-state index in [1.165, 1.54) is 0 Å². The Morgan fingerprint density at radius 1 is 1.39 bits per heavy atom. The zero-order chi connectivity index (χ0) is 13.8. The van der Waals surface area contributed by atoms with Crippen LogP contribution >= 0.6 is 0 Å². The summed E-state index contributed by atoms with van der Waals surface area (Å²) in [6.45, 7) is 9.37. The van der Waals surface area contributed by atoms with Gasteiger partial charge in [-0.25, -0.2) is 0 Å². The Morgan fingerprint density at radius 3 is 2.72 bits per heavy atom. The van der Waals surface area contributed by atoms with Gasteiger partial charge in [-0.15, -0.1) is 6.58 Å². The highest BCUT2D eigenvalue weighted by Crippen LogP contribution is 2.08. The average Bonchev–Trinajstić information content (AvgIpc) is 2.32. The second-order valence-electron chi connectivity index (χ2n) is 4.79. The summed E-state index contributed by atoms with van der Waals surface area (Å²) in [5.41, 5.74) is 5.67. The van der Waals surface area contributed by atoms with Gasteiger partial charge in [0.15, 0.2) is 0 Å². The molecule has 0 aliphatic carbocycles. The molecule has 0 aromatic heterocycles. The third kappa shape index (κ3) is 10.3. The third-order valence-electron chi connectivity index (χ3n) is 2.76. The Balaban J connectivity index is 3.46. The zero-order valence-electron chi connectivity index (χ0n) is 11.8. The molecule has 0 bridgehead atoms. The lowest BCUT2D eigenvalue weighted by Gasteiger charge is -2.13. The number of hydrogen-bond acceptors (Lipinski definition) is 3. The number of rotatable bonds is 11. The molecular weight excluding hydrogens is 228 g/mol. The fourth-order valence-electron chi connectivity index (χ4n) is 1.57. The number of ether oxygens (including phenoxy) is 1. The van der Waals surface area contributed by atoms with Crippen LogP contribution in [-0.4, -0.2) is 31.7 Å². The Labute approximate surface area is 111 Å². The van der Waals surface area contributed by atoms with E-state index >= 15 is 0 Å². The van der Waals surface area contributed by atoms with E-state index < -0.39 is 0 Å². The average molecular weight is 256 g/mol. The first kappa shape index (κ1) is 17.1. The zero-order valence-corrected chi connectivity index (χ0v) is 11.8. The Bertz CT molecular complexity index is 230. The maximum Gasteiger partial charge on any atom is 0.222 e. The van der Waals surface area contributed by atoms with Crippen molar-refractivity contribution in [3.05, 3.63) is 12.7 Å². The van der Waals surface area contributed by atoms with Crippen molar-refractivity contribution in [2.45, 2.75) is 45.6 Å². The van der Waals surface area contributed by atoms with Gasteiger partial charge in [0.05, 0.1) is 13.2 Å². The minimum absolute atomic E-state index is 0.0527. The van der Waals surface area contributed by atoms with E-state index in [1.807, 2.05) is 19.9 Å². The van der Waals surface area contributed by atoms with E-state index in [4.69, 9.17) is 10.5 Å². The number of amides is 1. The van der Waals surface area contributed by atoms with Crippen LogP contribution in [0.4, 0.5) is 0 Å². The smallest absolute Gasteiger partial charge is 0.222 e. The molecular formula is C14H28N2O2. The van der Waals surface area contributed by atoms with Crippen LogP contribution in [0, 0.1) is 5.92 Å². The van der Waals surface area contributed by atoms with Crippen LogP contribution in [0.5, 0.6) is 0 Å². The molecule has 2 unspecified atom stereocenters. The Kier molecular flexibility index (Phi) is 10.7. The highest BCUT2D eigenvalue weighted by Gasteiger charge is 2.11. The minimum Gasteiger partial charge on any atom is -0.379 e.